The zero-order chi connectivity index (χ0) is 10.1. The number of hydrogen-bond donors (Lipinski definition) is 1. The summed E-state index contributed by atoms with van der Waals surface area (Å²) in [5.41, 5.74) is 3.71. The van der Waals surface area contributed by atoms with Crippen molar-refractivity contribution in [1.82, 2.24) is 4.98 Å². The van der Waals surface area contributed by atoms with E-state index in [2.05, 4.69) is 16.4 Å². The van der Waals surface area contributed by atoms with Crippen LogP contribution in [0.15, 0.2) is 6.07 Å². The minimum atomic E-state index is 0.192. The number of nitrogens with zero attached hydrogens (tertiary/aromatic N) is 1. The van der Waals surface area contributed by atoms with E-state index in [0.29, 0.717) is 12.1 Å². The Labute approximate surface area is 83.5 Å². The Kier molecular flexibility index (Phi) is 2.23. The van der Waals surface area contributed by atoms with E-state index in [9.17, 15) is 4.79 Å². The van der Waals surface area contributed by atoms with Gasteiger partial charge in [0, 0.05) is 13.5 Å². The molecule has 0 aromatic carbocycles. The predicted octanol–water partition coefficient (Wildman–Crippen LogP) is 1.95. The first-order valence-corrected chi connectivity index (χ1v) is 4.94. The normalized spacial score (nSPS) is 15.1. The zero-order valence-corrected chi connectivity index (χ0v) is 8.55. The highest BCUT2D eigenvalue weighted by atomic mass is 16.1. The molecule has 3 nitrogen and oxygen atoms in total. The van der Waals surface area contributed by atoms with Crippen molar-refractivity contribution in [3.63, 3.8) is 0 Å². The molecule has 0 bridgehead atoms. The summed E-state index contributed by atoms with van der Waals surface area (Å²) >= 11 is 0. The molecule has 0 fully saturated rings. The third-order valence-corrected chi connectivity index (χ3v) is 2.68. The SMILES string of the molecule is CNc1cc2c(nc1C)C(=O)CCC2. The van der Waals surface area contributed by atoms with E-state index in [4.69, 9.17) is 0 Å². The average molecular weight is 190 g/mol. The topological polar surface area (TPSA) is 42.0 Å². The first-order valence-electron chi connectivity index (χ1n) is 4.94. The van der Waals surface area contributed by atoms with Crippen molar-refractivity contribution in [1.29, 1.82) is 0 Å². The molecule has 1 aromatic heterocycles. The van der Waals surface area contributed by atoms with Crippen molar-refractivity contribution < 1.29 is 4.79 Å². The molecule has 1 aromatic rings. The molecule has 0 unspecified atom stereocenters. The molecular formula is C11H14N2O. The van der Waals surface area contributed by atoms with Gasteiger partial charge in [-0.15, -0.1) is 0 Å². The number of Topliss-reactive ketones (excluding diaryl/α,β-unsaturated/α-hetero) is 1. The Bertz CT molecular complexity index is 385. The standard InChI is InChI=1S/C11H14N2O/c1-7-9(12-2)6-8-4-3-5-10(14)11(8)13-7/h6,12H,3-5H2,1-2H3. The molecule has 1 aliphatic carbocycles. The smallest absolute Gasteiger partial charge is 0.181 e. The summed E-state index contributed by atoms with van der Waals surface area (Å²) in [7, 11) is 1.88. The molecule has 1 heterocycles. The van der Waals surface area contributed by atoms with Crippen molar-refractivity contribution in [3.8, 4) is 0 Å². The number of pyridine rings is 1. The fourth-order valence-corrected chi connectivity index (χ4v) is 1.89. The Balaban J connectivity index is 2.54. The molecule has 1 aliphatic rings. The van der Waals surface area contributed by atoms with Crippen molar-refractivity contribution >= 4 is 11.5 Å². The molecule has 14 heavy (non-hydrogen) atoms. The number of carbonyl (C=O) groups excluding carboxylic acids is 1. The van der Waals surface area contributed by atoms with Crippen LogP contribution in [0.1, 0.15) is 34.6 Å². The maximum absolute atomic E-state index is 11.6. The van der Waals surface area contributed by atoms with Crippen LogP contribution in [0.5, 0.6) is 0 Å². The Morgan fingerprint density at radius 1 is 1.43 bits per heavy atom. The Hall–Kier alpha value is -1.38. The second-order valence-corrected chi connectivity index (χ2v) is 3.66. The van der Waals surface area contributed by atoms with E-state index in [-0.39, 0.29) is 5.78 Å². The molecule has 0 atom stereocenters. The fourth-order valence-electron chi connectivity index (χ4n) is 1.89. The molecule has 2 rings (SSSR count). The van der Waals surface area contributed by atoms with Crippen LogP contribution in [-0.2, 0) is 6.42 Å². The quantitative estimate of drug-likeness (QED) is 0.736. The van der Waals surface area contributed by atoms with Crippen LogP contribution >= 0.6 is 0 Å². The Morgan fingerprint density at radius 2 is 2.21 bits per heavy atom. The van der Waals surface area contributed by atoms with Crippen LogP contribution in [0, 0.1) is 6.92 Å². The lowest BCUT2D eigenvalue weighted by Crippen LogP contribution is -2.14. The van der Waals surface area contributed by atoms with Gasteiger partial charge in [0.2, 0.25) is 0 Å². The van der Waals surface area contributed by atoms with Crippen molar-refractivity contribution in [3.05, 3.63) is 23.0 Å². The van der Waals surface area contributed by atoms with Crippen LogP contribution < -0.4 is 5.32 Å². The largest absolute Gasteiger partial charge is 0.387 e. The number of anilines is 1. The predicted molar refractivity (Wildman–Crippen MR) is 55.8 cm³/mol. The number of nitrogens with one attached hydrogen (secondary N) is 1. The first-order chi connectivity index (χ1) is 6.72. The summed E-state index contributed by atoms with van der Waals surface area (Å²) in [5, 5.41) is 3.09. The minimum absolute atomic E-state index is 0.192. The summed E-state index contributed by atoms with van der Waals surface area (Å²) in [6.45, 7) is 1.92. The number of aryl methyl sites for hydroxylation is 2. The van der Waals surface area contributed by atoms with E-state index in [0.717, 1.165) is 29.8 Å². The number of hydrogen-bond acceptors (Lipinski definition) is 3. The molecule has 74 valence electrons. The van der Waals surface area contributed by atoms with E-state index in [1.54, 1.807) is 0 Å². The molecule has 0 spiro atoms. The van der Waals surface area contributed by atoms with Crippen molar-refractivity contribution in [2.45, 2.75) is 26.2 Å². The Morgan fingerprint density at radius 3 is 2.93 bits per heavy atom. The van der Waals surface area contributed by atoms with Crippen LogP contribution in [0.25, 0.3) is 0 Å². The van der Waals surface area contributed by atoms with Gasteiger partial charge in [-0.25, -0.2) is 4.98 Å². The van der Waals surface area contributed by atoms with Gasteiger partial charge in [-0.3, -0.25) is 4.79 Å². The molecule has 0 saturated heterocycles. The van der Waals surface area contributed by atoms with Crippen molar-refractivity contribution in [2.24, 2.45) is 0 Å². The number of fused-ring (bicyclic) bond motifs is 1. The summed E-state index contributed by atoms with van der Waals surface area (Å²) in [6.07, 6.45) is 2.58. The lowest BCUT2D eigenvalue weighted by atomic mass is 9.94. The van der Waals surface area contributed by atoms with Crippen LogP contribution in [0.3, 0.4) is 0 Å². The molecule has 3 heteroatoms. The highest BCUT2D eigenvalue weighted by Gasteiger charge is 2.19. The number of ketones is 1. The second-order valence-electron chi connectivity index (χ2n) is 3.66. The van der Waals surface area contributed by atoms with Gasteiger partial charge in [-0.1, -0.05) is 0 Å². The first kappa shape index (κ1) is 9.19. The maximum atomic E-state index is 11.6. The minimum Gasteiger partial charge on any atom is -0.387 e. The molecule has 1 N–H and O–H groups in total. The van der Waals surface area contributed by atoms with Gasteiger partial charge in [0.15, 0.2) is 5.78 Å². The van der Waals surface area contributed by atoms with Gasteiger partial charge in [0.1, 0.15) is 5.69 Å². The molecule has 0 aliphatic heterocycles. The summed E-state index contributed by atoms with van der Waals surface area (Å²) in [6, 6.07) is 2.05. The lowest BCUT2D eigenvalue weighted by molar-refractivity contribution is 0.0967. The van der Waals surface area contributed by atoms with E-state index >= 15 is 0 Å². The van der Waals surface area contributed by atoms with Gasteiger partial charge in [0.25, 0.3) is 0 Å². The average Bonchev–Trinajstić information content (AvgIpc) is 2.19. The maximum Gasteiger partial charge on any atom is 0.181 e. The third kappa shape index (κ3) is 1.39. The molecule has 0 saturated carbocycles. The molecular weight excluding hydrogens is 176 g/mol. The third-order valence-electron chi connectivity index (χ3n) is 2.68. The van der Waals surface area contributed by atoms with Gasteiger partial charge in [0.05, 0.1) is 11.4 Å². The van der Waals surface area contributed by atoms with E-state index in [1.165, 1.54) is 0 Å². The summed E-state index contributed by atoms with van der Waals surface area (Å²) in [5.74, 6) is 0.192. The summed E-state index contributed by atoms with van der Waals surface area (Å²) in [4.78, 5) is 15.9. The van der Waals surface area contributed by atoms with E-state index in [1.807, 2.05) is 14.0 Å². The summed E-state index contributed by atoms with van der Waals surface area (Å²) < 4.78 is 0. The van der Waals surface area contributed by atoms with Gasteiger partial charge >= 0.3 is 0 Å². The highest BCUT2D eigenvalue weighted by molar-refractivity contribution is 5.97. The molecule has 0 radical (unpaired) electrons. The van der Waals surface area contributed by atoms with Crippen molar-refractivity contribution in [2.75, 3.05) is 12.4 Å². The monoisotopic (exact) mass is 190 g/mol. The number of carbonyl (C=O) groups is 1. The zero-order valence-electron chi connectivity index (χ0n) is 8.55. The van der Waals surface area contributed by atoms with Gasteiger partial charge in [-0.2, -0.15) is 0 Å². The number of rotatable bonds is 1. The van der Waals surface area contributed by atoms with Gasteiger partial charge < -0.3 is 5.32 Å². The number of aromatic nitrogens is 1. The highest BCUT2D eigenvalue weighted by Crippen LogP contribution is 2.24. The molecule has 0 amide bonds. The van der Waals surface area contributed by atoms with Gasteiger partial charge in [-0.05, 0) is 31.4 Å². The van der Waals surface area contributed by atoms with Crippen LogP contribution in [0.2, 0.25) is 0 Å². The fraction of sp³-hybridized carbons (Fsp3) is 0.455. The second kappa shape index (κ2) is 3.40. The lowest BCUT2D eigenvalue weighted by Gasteiger charge is -2.16. The van der Waals surface area contributed by atoms with E-state index < -0.39 is 0 Å². The van der Waals surface area contributed by atoms with Crippen LogP contribution in [0.4, 0.5) is 5.69 Å². The van der Waals surface area contributed by atoms with Crippen LogP contribution in [-0.4, -0.2) is 17.8 Å².